The lowest BCUT2D eigenvalue weighted by Crippen LogP contribution is -2.54. The van der Waals surface area contributed by atoms with Crippen LogP contribution in [0, 0.1) is 47.9 Å². The molecule has 0 aromatic carbocycles. The van der Waals surface area contributed by atoms with E-state index in [0.717, 1.165) is 206 Å². The number of aromatic amines is 3. The number of pyridine rings is 5. The topological polar surface area (TPSA) is 467 Å². The maximum absolute atomic E-state index is 12.4. The number of hydrazone groups is 2. The van der Waals surface area contributed by atoms with Gasteiger partial charge in [-0.15, -0.1) is 11.6 Å². The van der Waals surface area contributed by atoms with Crippen LogP contribution in [0.2, 0.25) is 0 Å². The van der Waals surface area contributed by atoms with Crippen LogP contribution in [-0.4, -0.2) is 238 Å². The van der Waals surface area contributed by atoms with Crippen LogP contribution in [-0.2, 0) is 61.9 Å². The van der Waals surface area contributed by atoms with Crippen molar-refractivity contribution in [2.45, 2.75) is 169 Å². The highest BCUT2D eigenvalue weighted by molar-refractivity contribution is 7.98. The molecule has 4 saturated carbocycles. The van der Waals surface area contributed by atoms with Gasteiger partial charge in [0.25, 0.3) is 0 Å². The first-order valence-corrected chi connectivity index (χ1v) is 50.9. The minimum absolute atomic E-state index is 0. The van der Waals surface area contributed by atoms with Gasteiger partial charge in [0.15, 0.2) is 0 Å². The number of amides is 1. The van der Waals surface area contributed by atoms with Crippen LogP contribution in [0.3, 0.4) is 0 Å². The fourth-order valence-corrected chi connectivity index (χ4v) is 25.1. The molecule has 14 N–H and O–H groups in total. The lowest BCUT2D eigenvalue weighted by Gasteiger charge is -2.40. The number of sulfonamides is 2. The molecule has 4 atom stereocenters. The summed E-state index contributed by atoms with van der Waals surface area (Å²) < 4.78 is 95.1. The van der Waals surface area contributed by atoms with E-state index in [1.807, 2.05) is 81.7 Å². The van der Waals surface area contributed by atoms with Crippen LogP contribution < -0.4 is 56.0 Å². The van der Waals surface area contributed by atoms with Gasteiger partial charge in [-0.3, -0.25) is 23.2 Å². The second-order valence-electron chi connectivity index (χ2n) is 34.9. The third-order valence-electron chi connectivity index (χ3n) is 25.6. The standard InChI is InChI=1S/C19H20BN3O3.C17H23BN4O3S.C17H23BN4O2S.2C16H21BN4O3S.CH4/c1-3-4-17(24)23-8-6-12(2)15(11-23)14-9-20(25)26-16-10-22-19-13(18(14)16)5-7-21-19;1-3-7-26(24,25)21-12-8-11(9-12)17-16-13-5-4-6-15(13)19-10-14(16)18(23)22(2)20-17;1-3-6-25(2,24)22-12-7-11(8-12)14-9-21-18(23)15-10-20-17-13(16(14)15)4-5-19-17;1-3-6-25(2,23)21-11-7-10(8-11)15-14-12-4-5-18-16(12)19-9-13(14)17(22)24-20-15;1-2-6-25(23,24)20-11-7-10(8-11)16-15-12-4-3-5-14(12)18-9-13(15)17(22)21-19-16;/h1,5,7,9-10,12,15,25H,4,6,8,11H2,2H3,(H,21,22);4-5,10-12,21,23H,3,6-9H2,1-2H3;4-5,9-12,21,23H,2-3,6-8H2,1H3,(H,19,20)(H,22,24);4-5,9-11,22H,2-3,6-8H2,1H3,(H,18,19)(H,21,23);3-4,9-11,20-22H,2,5-8H2,1H3;1H4/t12-,15?;;;;;/m1...../s1. The number of terminal acetylenes is 1. The van der Waals surface area contributed by atoms with Crippen molar-refractivity contribution in [3.63, 3.8) is 0 Å². The minimum atomic E-state index is -3.20. The Kier molecular flexibility index (Phi) is 28.1. The number of hydrogen-bond acceptors (Lipinski definition) is 25. The van der Waals surface area contributed by atoms with Gasteiger partial charge in [0.1, 0.15) is 22.7 Å². The van der Waals surface area contributed by atoms with Gasteiger partial charge < -0.3 is 69.9 Å². The van der Waals surface area contributed by atoms with Gasteiger partial charge >= 0.3 is 35.4 Å². The Labute approximate surface area is 750 Å². The number of rotatable bonds is 22. The molecule has 1 saturated heterocycles. The third kappa shape index (κ3) is 19.7. The maximum atomic E-state index is 12.4. The smallest absolute Gasteiger partial charge is 0.531 e. The number of oxime groups is 1. The molecule has 5 fully saturated rings. The van der Waals surface area contributed by atoms with Crippen molar-refractivity contribution in [2.75, 3.05) is 43.1 Å². The number of piperidine rings is 1. The minimum Gasteiger partial charge on any atom is -0.531 e. The summed E-state index contributed by atoms with van der Waals surface area (Å²) in [5.74, 6) is 15.3. The number of likely N-dealkylation sites (tertiary alicyclic amines) is 1. The summed E-state index contributed by atoms with van der Waals surface area (Å²) in [6.45, 7) is 11.2. The highest BCUT2D eigenvalue weighted by atomic mass is 32.2. The molecule has 12 aliphatic rings. The van der Waals surface area contributed by atoms with Crippen LogP contribution in [0.25, 0.3) is 56.4 Å². The first kappa shape index (κ1) is 93.0. The van der Waals surface area contributed by atoms with E-state index in [9.17, 15) is 55.2 Å². The zero-order valence-electron chi connectivity index (χ0n) is 72.0. The number of fused-ring (bicyclic) bond motifs is 15. The molecule has 3 unspecified atom stereocenters. The average Bonchev–Trinajstić information content (AvgIpc) is 1.43. The van der Waals surface area contributed by atoms with E-state index in [1.54, 1.807) is 48.9 Å². The van der Waals surface area contributed by atoms with Crippen molar-refractivity contribution < 1.29 is 64.6 Å². The first-order chi connectivity index (χ1) is 60.9. The highest BCUT2D eigenvalue weighted by Crippen LogP contribution is 2.46. The maximum Gasteiger partial charge on any atom is 0.585 e. The summed E-state index contributed by atoms with van der Waals surface area (Å²) >= 11 is 0. The predicted molar refractivity (Wildman–Crippen MR) is 514 cm³/mol. The molecule has 20 rings (SSSR count). The number of carbonyl (C=O) groups is 1. The van der Waals surface area contributed by atoms with Gasteiger partial charge in [0.2, 0.25) is 26.0 Å². The van der Waals surface area contributed by atoms with Crippen LogP contribution in [0.4, 0.5) is 0 Å². The quantitative estimate of drug-likeness (QED) is 0.0263. The van der Waals surface area contributed by atoms with E-state index in [0.29, 0.717) is 60.5 Å². The van der Waals surface area contributed by atoms with Gasteiger partial charge in [-0.25, -0.2) is 50.7 Å². The number of H-pyrrole nitrogens is 3. The molecule has 0 spiro atoms. The molecule has 6 aliphatic carbocycles. The molecular weight excluding hydrogens is 1710 g/mol. The molecular formula is C86H112B5N19O14S4. The average molecular weight is 1820 g/mol. The van der Waals surface area contributed by atoms with Gasteiger partial charge in [-0.1, -0.05) is 72.3 Å². The summed E-state index contributed by atoms with van der Waals surface area (Å²) in [6, 6.07) is 6.24. The number of nitrogens with zero attached hydrogens (tertiary/aromatic N) is 10. The fourth-order valence-electron chi connectivity index (χ4n) is 19.2. The van der Waals surface area contributed by atoms with Gasteiger partial charge in [-0.05, 0) is 154 Å². The second kappa shape index (κ2) is 38.8. The predicted octanol–water partition coefficient (Wildman–Crippen LogP) is 3.35. The lowest BCUT2D eigenvalue weighted by atomic mass is 9.64. The summed E-state index contributed by atoms with van der Waals surface area (Å²) in [6.07, 6.45) is 41.4. The molecule has 0 radical (unpaired) electrons. The van der Waals surface area contributed by atoms with E-state index in [4.69, 9.17) is 15.8 Å². The van der Waals surface area contributed by atoms with Crippen LogP contribution in [0.1, 0.15) is 182 Å². The normalized spacial score (nSPS) is 23.9. The van der Waals surface area contributed by atoms with E-state index in [-0.39, 0.29) is 79.1 Å². The lowest BCUT2D eigenvalue weighted by molar-refractivity contribution is -0.132. The number of carbonyl (C=O) groups excluding carboxylic acids is 1. The first-order valence-electron chi connectivity index (χ1n) is 43.8. The Hall–Kier alpha value is -9.73. The van der Waals surface area contributed by atoms with Crippen molar-refractivity contribution in [2.24, 2.45) is 50.9 Å². The Bertz CT molecular complexity index is 6140. The number of aromatic nitrogens is 8. The molecule has 14 heterocycles. The monoisotopic (exact) mass is 1820 g/mol. The van der Waals surface area contributed by atoms with Gasteiger partial charge in [-0.2, -0.15) is 10.2 Å². The van der Waals surface area contributed by atoms with Crippen molar-refractivity contribution in [3.8, 4) is 18.1 Å². The Balaban J connectivity index is 0.000000123. The zero-order chi connectivity index (χ0) is 89.5. The molecule has 0 bridgehead atoms. The fraction of sp³-hybridized carbons (Fsp3) is 0.453. The van der Waals surface area contributed by atoms with Gasteiger partial charge in [0.05, 0.1) is 52.6 Å². The molecule has 1 amide bonds. The third-order valence-corrected chi connectivity index (χ3v) is 32.6. The molecule has 674 valence electrons. The van der Waals surface area contributed by atoms with E-state index < -0.39 is 74.9 Å². The van der Waals surface area contributed by atoms with Crippen molar-refractivity contribution >= 4 is 188 Å². The van der Waals surface area contributed by atoms with Crippen molar-refractivity contribution in [1.82, 2.24) is 79.1 Å². The van der Waals surface area contributed by atoms with E-state index in [1.165, 1.54) is 5.57 Å². The SMILES string of the molecule is C.C#CCC(=O)N1CC[C@@H](C)C(C2=CB(O)Oc3cnc4[nH]ccc4c32)C1.C=S(=O)(CCC)NC1CC(C2=CNB(O)c3cnc4[nH]ccc4c32)C1.C=S(=O)(CCC)NC1CC(C2=NOB(O)c3cnc4[nH]ccc4c32)C1.CCCS(=O)(=O)NC1CC(C2=NN(C)B(O)c3cnc4c(c32)C=CC4)C1.CCCS(=O)(=O)NC1CC(C2=NNB(O)c3cnc4c(c32)C=CC4)C1. The van der Waals surface area contributed by atoms with Crippen LogP contribution in [0.5, 0.6) is 5.75 Å². The molecule has 42 heteroatoms. The number of allylic oxidation sites excluding steroid dienone is 3. The molecule has 6 aliphatic heterocycles. The molecule has 8 aromatic rings. The van der Waals surface area contributed by atoms with Crippen LogP contribution >= 0.6 is 0 Å². The van der Waals surface area contributed by atoms with Crippen molar-refractivity contribution in [1.29, 1.82) is 0 Å². The Morgan fingerprint density at radius 1 is 0.594 bits per heavy atom. The summed E-state index contributed by atoms with van der Waals surface area (Å²) in [7, 11) is -13.5. The molecule has 128 heavy (non-hydrogen) atoms. The van der Waals surface area contributed by atoms with E-state index in [2.05, 4.69) is 127 Å². The highest BCUT2D eigenvalue weighted by Gasteiger charge is 2.47. The number of nitrogens with one attached hydrogen (secondary N) is 9. The van der Waals surface area contributed by atoms with Crippen LogP contribution in [0.15, 0.2) is 107 Å². The number of hydrogen-bond donors (Lipinski definition) is 14. The van der Waals surface area contributed by atoms with E-state index >= 15 is 0 Å². The summed E-state index contributed by atoms with van der Waals surface area (Å²) in [5, 5.41) is 73.1. The zero-order valence-corrected chi connectivity index (χ0v) is 75.3. The molecule has 8 aromatic heterocycles. The summed E-state index contributed by atoms with van der Waals surface area (Å²) in [4.78, 5) is 47.0. The second-order valence-corrected chi connectivity index (χ2v) is 43.2. The molecule has 33 nitrogen and oxygen atoms in total. The Morgan fingerprint density at radius 2 is 1.08 bits per heavy atom. The Morgan fingerprint density at radius 3 is 1.64 bits per heavy atom. The van der Waals surface area contributed by atoms with Gasteiger partial charge in [0, 0.05) is 227 Å². The largest absolute Gasteiger partial charge is 0.585 e. The van der Waals surface area contributed by atoms with Crippen molar-refractivity contribution in [3.05, 3.63) is 142 Å². The summed E-state index contributed by atoms with van der Waals surface area (Å²) in [5.41, 5.74) is 19.2.